The Morgan fingerprint density at radius 2 is 2.05 bits per heavy atom. The highest BCUT2D eigenvalue weighted by Crippen LogP contribution is 2.08. The summed E-state index contributed by atoms with van der Waals surface area (Å²) in [5.74, 6) is -1.19. The summed E-state index contributed by atoms with van der Waals surface area (Å²) < 4.78 is 6.25. The predicted octanol–water partition coefficient (Wildman–Crippen LogP) is 2.11. The van der Waals surface area contributed by atoms with Gasteiger partial charge in [0.1, 0.15) is 10.6 Å². The van der Waals surface area contributed by atoms with Gasteiger partial charge in [-0.05, 0) is 33.8 Å². The smallest absolute Gasteiger partial charge is 0.407 e. The molecule has 0 spiro atoms. The topological polar surface area (TPSA) is 97.6 Å². The summed E-state index contributed by atoms with van der Waals surface area (Å²) in [7, 11) is 0. The number of amides is 1. The molecular weight excluding hydrogens is 312 g/mol. The second-order valence-corrected chi connectivity index (χ2v) is 6.29. The fourth-order valence-corrected chi connectivity index (χ4v) is 1.93. The molecule has 1 heterocycles. The molecule has 1 rings (SSSR count). The molecule has 0 aliphatic heterocycles. The SMILES string of the molecule is C[C@@H](Cn1cc(C(=O)O)cc(Cl)c1=O)NC(=O)OC(C)(C)C. The first-order valence-corrected chi connectivity index (χ1v) is 7.00. The van der Waals surface area contributed by atoms with Crippen LogP contribution in [0.1, 0.15) is 38.1 Å². The van der Waals surface area contributed by atoms with Crippen LogP contribution in [-0.4, -0.2) is 33.4 Å². The van der Waals surface area contributed by atoms with Crippen molar-refractivity contribution < 1.29 is 19.4 Å². The summed E-state index contributed by atoms with van der Waals surface area (Å²) in [5.41, 5.74) is -1.26. The van der Waals surface area contributed by atoms with Crippen LogP contribution in [0.3, 0.4) is 0 Å². The second-order valence-electron chi connectivity index (χ2n) is 5.89. The monoisotopic (exact) mass is 330 g/mol. The lowest BCUT2D eigenvalue weighted by atomic mass is 10.2. The van der Waals surface area contributed by atoms with E-state index in [-0.39, 0.29) is 17.1 Å². The normalized spacial score (nSPS) is 12.6. The molecule has 0 aliphatic carbocycles. The Bertz CT molecular complexity index is 633. The van der Waals surface area contributed by atoms with Gasteiger partial charge in [-0.15, -0.1) is 0 Å². The average Bonchev–Trinajstić information content (AvgIpc) is 2.31. The van der Waals surface area contributed by atoms with E-state index in [4.69, 9.17) is 21.4 Å². The molecule has 0 saturated heterocycles. The van der Waals surface area contributed by atoms with Gasteiger partial charge in [-0.1, -0.05) is 11.6 Å². The first-order valence-electron chi connectivity index (χ1n) is 6.62. The molecule has 1 aromatic rings. The van der Waals surface area contributed by atoms with E-state index in [1.807, 2.05) is 0 Å². The fraction of sp³-hybridized carbons (Fsp3) is 0.500. The number of carbonyl (C=O) groups excluding carboxylic acids is 1. The lowest BCUT2D eigenvalue weighted by Gasteiger charge is -2.22. The lowest BCUT2D eigenvalue weighted by molar-refractivity contribution is 0.0503. The average molecular weight is 331 g/mol. The van der Waals surface area contributed by atoms with Gasteiger partial charge in [0.2, 0.25) is 0 Å². The Labute approximate surface area is 132 Å². The summed E-state index contributed by atoms with van der Waals surface area (Å²) >= 11 is 5.73. The van der Waals surface area contributed by atoms with Crippen molar-refractivity contribution >= 4 is 23.7 Å². The van der Waals surface area contributed by atoms with Crippen molar-refractivity contribution in [2.75, 3.05) is 0 Å². The Morgan fingerprint density at radius 3 is 2.55 bits per heavy atom. The van der Waals surface area contributed by atoms with Gasteiger partial charge in [0.15, 0.2) is 0 Å². The van der Waals surface area contributed by atoms with Crippen molar-refractivity contribution in [1.29, 1.82) is 0 Å². The largest absolute Gasteiger partial charge is 0.478 e. The number of ether oxygens (including phenoxy) is 1. The molecule has 0 bridgehead atoms. The van der Waals surface area contributed by atoms with Crippen LogP contribution in [0.5, 0.6) is 0 Å². The molecule has 7 nitrogen and oxygen atoms in total. The molecule has 22 heavy (non-hydrogen) atoms. The molecule has 1 aromatic heterocycles. The maximum absolute atomic E-state index is 11.9. The van der Waals surface area contributed by atoms with Crippen molar-refractivity contribution in [1.82, 2.24) is 9.88 Å². The number of rotatable bonds is 4. The van der Waals surface area contributed by atoms with Crippen LogP contribution in [0.15, 0.2) is 17.1 Å². The number of aromatic nitrogens is 1. The highest BCUT2D eigenvalue weighted by atomic mass is 35.5. The Morgan fingerprint density at radius 1 is 1.45 bits per heavy atom. The van der Waals surface area contributed by atoms with Crippen molar-refractivity contribution in [3.05, 3.63) is 33.2 Å². The highest BCUT2D eigenvalue weighted by Gasteiger charge is 2.18. The Hall–Kier alpha value is -2.02. The lowest BCUT2D eigenvalue weighted by Crippen LogP contribution is -2.41. The van der Waals surface area contributed by atoms with Crippen LogP contribution >= 0.6 is 11.6 Å². The van der Waals surface area contributed by atoms with Crippen LogP contribution < -0.4 is 10.9 Å². The molecule has 1 amide bonds. The van der Waals surface area contributed by atoms with Crippen LogP contribution in [0.4, 0.5) is 4.79 Å². The van der Waals surface area contributed by atoms with E-state index in [1.54, 1.807) is 27.7 Å². The van der Waals surface area contributed by atoms with Gasteiger partial charge in [-0.25, -0.2) is 9.59 Å². The zero-order valence-electron chi connectivity index (χ0n) is 12.8. The van der Waals surface area contributed by atoms with E-state index < -0.39 is 29.3 Å². The van der Waals surface area contributed by atoms with E-state index in [9.17, 15) is 14.4 Å². The summed E-state index contributed by atoms with van der Waals surface area (Å²) in [4.78, 5) is 34.5. The third-order valence-electron chi connectivity index (χ3n) is 2.52. The van der Waals surface area contributed by atoms with Gasteiger partial charge < -0.3 is 19.7 Å². The van der Waals surface area contributed by atoms with Crippen molar-refractivity contribution in [3.8, 4) is 0 Å². The zero-order valence-corrected chi connectivity index (χ0v) is 13.6. The molecule has 0 fully saturated rings. The van der Waals surface area contributed by atoms with Crippen molar-refractivity contribution in [2.24, 2.45) is 0 Å². The minimum absolute atomic E-state index is 0.0684. The molecule has 122 valence electrons. The first kappa shape index (κ1) is 18.0. The molecule has 0 saturated carbocycles. The van der Waals surface area contributed by atoms with Gasteiger partial charge in [-0.2, -0.15) is 0 Å². The highest BCUT2D eigenvalue weighted by molar-refractivity contribution is 6.30. The number of alkyl carbamates (subject to hydrolysis) is 1. The van der Waals surface area contributed by atoms with Gasteiger partial charge >= 0.3 is 12.1 Å². The molecule has 1 atom stereocenters. The predicted molar refractivity (Wildman–Crippen MR) is 81.5 cm³/mol. The molecule has 8 heteroatoms. The van der Waals surface area contributed by atoms with E-state index in [1.165, 1.54) is 6.20 Å². The zero-order chi connectivity index (χ0) is 17.1. The second kappa shape index (κ2) is 6.83. The van der Waals surface area contributed by atoms with Gasteiger partial charge in [-0.3, -0.25) is 4.79 Å². The molecule has 0 aromatic carbocycles. The molecule has 0 aliphatic rings. The standard InChI is InChI=1S/C14H19ClN2O5/c1-8(16-13(21)22-14(2,3)4)6-17-7-9(12(19)20)5-10(15)11(17)18/h5,7-8H,6H2,1-4H3,(H,16,21)(H,19,20)/t8-/m0/s1. The number of hydrogen-bond acceptors (Lipinski definition) is 4. The number of aromatic carboxylic acids is 1. The van der Waals surface area contributed by atoms with Crippen LogP contribution in [0, 0.1) is 0 Å². The summed E-state index contributed by atoms with van der Waals surface area (Å²) in [6.07, 6.45) is 0.567. The van der Waals surface area contributed by atoms with Gasteiger partial charge in [0.05, 0.1) is 5.56 Å². The number of carboxylic acids is 1. The number of carbonyl (C=O) groups is 2. The number of halogens is 1. The quantitative estimate of drug-likeness (QED) is 0.881. The maximum Gasteiger partial charge on any atom is 0.407 e. The third-order valence-corrected chi connectivity index (χ3v) is 2.79. The van der Waals surface area contributed by atoms with Crippen LogP contribution in [0.2, 0.25) is 5.02 Å². The minimum Gasteiger partial charge on any atom is -0.478 e. The Balaban J connectivity index is 2.84. The number of hydrogen-bond donors (Lipinski definition) is 2. The summed E-state index contributed by atoms with van der Waals surface area (Å²) in [6, 6.07) is 0.641. The summed E-state index contributed by atoms with van der Waals surface area (Å²) in [5, 5.41) is 11.3. The Kier molecular flexibility index (Phi) is 5.59. The van der Waals surface area contributed by atoms with Gasteiger partial charge in [0.25, 0.3) is 5.56 Å². The maximum atomic E-state index is 11.9. The molecule has 0 radical (unpaired) electrons. The minimum atomic E-state index is -1.19. The van der Waals surface area contributed by atoms with E-state index in [0.717, 1.165) is 10.6 Å². The third kappa shape index (κ3) is 5.40. The summed E-state index contributed by atoms with van der Waals surface area (Å²) in [6.45, 7) is 6.93. The van der Waals surface area contributed by atoms with Gasteiger partial charge in [0, 0.05) is 18.8 Å². The molecule has 0 unspecified atom stereocenters. The first-order chi connectivity index (χ1) is 9.99. The van der Waals surface area contributed by atoms with Crippen LogP contribution in [-0.2, 0) is 11.3 Å². The number of pyridine rings is 1. The number of nitrogens with one attached hydrogen (secondary N) is 1. The molecular formula is C14H19ClN2O5. The fourth-order valence-electron chi connectivity index (χ4n) is 1.70. The van der Waals surface area contributed by atoms with Crippen molar-refractivity contribution in [3.63, 3.8) is 0 Å². The van der Waals surface area contributed by atoms with Crippen molar-refractivity contribution in [2.45, 2.75) is 45.9 Å². The van der Waals surface area contributed by atoms with E-state index in [0.29, 0.717) is 0 Å². The van der Waals surface area contributed by atoms with E-state index in [2.05, 4.69) is 5.32 Å². The molecule has 2 N–H and O–H groups in total. The van der Waals surface area contributed by atoms with Crippen LogP contribution in [0.25, 0.3) is 0 Å². The number of carboxylic acid groups (broad SMARTS) is 1. The van der Waals surface area contributed by atoms with E-state index >= 15 is 0 Å². The number of nitrogens with zero attached hydrogens (tertiary/aromatic N) is 1.